The number of nitrogens with one attached hydrogen (secondary N) is 1. The normalized spacial score (nSPS) is 13.0. The first kappa shape index (κ1) is 34.0. The molecule has 3 aromatic carbocycles. The highest BCUT2D eigenvalue weighted by molar-refractivity contribution is 7.92. The van der Waals surface area contributed by atoms with Gasteiger partial charge in [-0.15, -0.1) is 37.2 Å². The lowest BCUT2D eigenvalue weighted by Gasteiger charge is -2.37. The number of rotatable bonds is 6. The molecule has 0 saturated carbocycles. The third-order valence-corrected chi connectivity index (χ3v) is 8.27. The molecule has 0 unspecified atom stereocenters. The highest BCUT2D eigenvalue weighted by Crippen LogP contribution is 2.29. The summed E-state index contributed by atoms with van der Waals surface area (Å²) in [6, 6.07) is 19.4. The SMILES string of the molecule is Cc1cccc(S(=O)(=O)Nc2ccc3nc(N4CCN(c5cc(C)ccc5C)CC4)cc(C(=O)O)c3c2)c1.Cl.Cl.Cl. The highest BCUT2D eigenvalue weighted by atomic mass is 35.5. The smallest absolute Gasteiger partial charge is 0.336 e. The number of aryl methyl sites for hydroxylation is 3. The molecule has 2 heterocycles. The number of carboxylic acid groups (broad SMARTS) is 1. The van der Waals surface area contributed by atoms with Crippen molar-refractivity contribution in [3.8, 4) is 0 Å². The van der Waals surface area contributed by atoms with Gasteiger partial charge in [-0.3, -0.25) is 4.72 Å². The van der Waals surface area contributed by atoms with Crippen LogP contribution in [0.15, 0.2) is 71.6 Å². The molecule has 0 radical (unpaired) electrons. The summed E-state index contributed by atoms with van der Waals surface area (Å²) < 4.78 is 28.3. The van der Waals surface area contributed by atoms with E-state index in [1.54, 1.807) is 30.3 Å². The zero-order chi connectivity index (χ0) is 27.0. The number of aromatic carboxylic acids is 1. The van der Waals surface area contributed by atoms with Gasteiger partial charge >= 0.3 is 5.97 Å². The monoisotopic (exact) mass is 638 g/mol. The largest absolute Gasteiger partial charge is 0.478 e. The van der Waals surface area contributed by atoms with E-state index in [0.717, 1.165) is 18.7 Å². The molecule has 1 aliphatic heterocycles. The molecular formula is C29H33Cl3N4O4S. The number of carboxylic acids is 1. The number of sulfonamides is 1. The zero-order valence-electron chi connectivity index (χ0n) is 22.8. The van der Waals surface area contributed by atoms with Crippen LogP contribution in [0.5, 0.6) is 0 Å². The summed E-state index contributed by atoms with van der Waals surface area (Å²) in [5.41, 5.74) is 5.35. The minimum absolute atomic E-state index is 0. The first-order valence-electron chi connectivity index (χ1n) is 12.5. The second kappa shape index (κ2) is 13.6. The lowest BCUT2D eigenvalue weighted by molar-refractivity contribution is 0.0699. The summed E-state index contributed by atoms with van der Waals surface area (Å²) in [5.74, 6) is -0.491. The predicted octanol–water partition coefficient (Wildman–Crippen LogP) is 6.25. The number of carbonyl (C=O) groups is 1. The quantitative estimate of drug-likeness (QED) is 0.257. The summed E-state index contributed by atoms with van der Waals surface area (Å²) in [5, 5.41) is 10.4. The second-order valence-corrected chi connectivity index (χ2v) is 11.4. The topological polar surface area (TPSA) is 103 Å². The molecule has 2 N–H and O–H groups in total. The van der Waals surface area contributed by atoms with Gasteiger partial charge in [0.15, 0.2) is 0 Å². The van der Waals surface area contributed by atoms with Gasteiger partial charge in [0, 0.05) is 42.9 Å². The van der Waals surface area contributed by atoms with Crippen molar-refractivity contribution in [3.63, 3.8) is 0 Å². The van der Waals surface area contributed by atoms with Crippen LogP contribution in [0.3, 0.4) is 0 Å². The minimum Gasteiger partial charge on any atom is -0.478 e. The standard InChI is InChI=1S/C29H30N4O4S.3ClH/c1-19-5-4-6-23(15-19)38(36,37)31-22-9-10-26-24(17-22)25(29(34)35)18-28(30-26)33-13-11-32(12-14-33)27-16-20(2)7-8-21(27)3;;;/h4-10,15-18,31H,11-14H2,1-3H3,(H,34,35);3*1H. The van der Waals surface area contributed by atoms with E-state index in [1.807, 2.05) is 13.0 Å². The number of benzene rings is 3. The van der Waals surface area contributed by atoms with Crippen molar-refractivity contribution in [2.75, 3.05) is 40.7 Å². The van der Waals surface area contributed by atoms with Gasteiger partial charge in [-0.05, 0) is 79.9 Å². The highest BCUT2D eigenvalue weighted by Gasteiger charge is 2.22. The van der Waals surface area contributed by atoms with E-state index in [1.165, 1.54) is 28.9 Å². The number of nitrogens with zero attached hydrogens (tertiary/aromatic N) is 3. The van der Waals surface area contributed by atoms with E-state index < -0.39 is 16.0 Å². The zero-order valence-corrected chi connectivity index (χ0v) is 26.1. The van der Waals surface area contributed by atoms with E-state index in [4.69, 9.17) is 4.98 Å². The maximum absolute atomic E-state index is 12.9. The molecule has 1 aromatic heterocycles. The fourth-order valence-electron chi connectivity index (χ4n) is 4.85. The van der Waals surface area contributed by atoms with E-state index in [9.17, 15) is 18.3 Å². The van der Waals surface area contributed by atoms with Gasteiger partial charge in [0.05, 0.1) is 16.0 Å². The summed E-state index contributed by atoms with van der Waals surface area (Å²) >= 11 is 0. The number of anilines is 3. The Kier molecular flexibility index (Phi) is 11.3. The lowest BCUT2D eigenvalue weighted by atomic mass is 10.1. The van der Waals surface area contributed by atoms with Gasteiger partial charge in [0.25, 0.3) is 10.0 Å². The van der Waals surface area contributed by atoms with E-state index in [-0.39, 0.29) is 53.4 Å². The third kappa shape index (κ3) is 7.35. The molecule has 0 aliphatic carbocycles. The van der Waals surface area contributed by atoms with Crippen LogP contribution in [-0.4, -0.2) is 50.7 Å². The molecule has 0 atom stereocenters. The van der Waals surface area contributed by atoms with Crippen LogP contribution in [0.25, 0.3) is 10.9 Å². The minimum atomic E-state index is -3.83. The fraction of sp³-hybridized carbons (Fsp3) is 0.241. The van der Waals surface area contributed by atoms with Crippen LogP contribution in [0.1, 0.15) is 27.0 Å². The number of piperazine rings is 1. The van der Waals surface area contributed by atoms with E-state index >= 15 is 0 Å². The van der Waals surface area contributed by atoms with Gasteiger partial charge in [-0.25, -0.2) is 18.2 Å². The summed E-state index contributed by atoms with van der Waals surface area (Å²) in [7, 11) is -3.83. The summed E-state index contributed by atoms with van der Waals surface area (Å²) in [6.45, 7) is 9.03. The van der Waals surface area contributed by atoms with Gasteiger partial charge in [0.1, 0.15) is 5.82 Å². The van der Waals surface area contributed by atoms with Crippen molar-refractivity contribution in [2.45, 2.75) is 25.7 Å². The molecule has 41 heavy (non-hydrogen) atoms. The van der Waals surface area contributed by atoms with Crippen molar-refractivity contribution in [1.82, 2.24) is 4.98 Å². The molecule has 0 amide bonds. The third-order valence-electron chi connectivity index (χ3n) is 6.89. The Balaban J connectivity index is 0.00000196. The molecule has 1 saturated heterocycles. The number of fused-ring (bicyclic) bond motifs is 1. The molecule has 12 heteroatoms. The fourth-order valence-corrected chi connectivity index (χ4v) is 6.00. The Morgan fingerprint density at radius 3 is 2.15 bits per heavy atom. The van der Waals surface area contributed by atoms with Gasteiger partial charge in [-0.2, -0.15) is 0 Å². The van der Waals surface area contributed by atoms with Gasteiger partial charge < -0.3 is 14.9 Å². The van der Waals surface area contributed by atoms with E-state index in [2.05, 4.69) is 46.6 Å². The van der Waals surface area contributed by atoms with Crippen molar-refractivity contribution >= 4 is 81.3 Å². The number of pyridine rings is 1. The molecule has 8 nitrogen and oxygen atoms in total. The molecule has 1 aliphatic rings. The van der Waals surface area contributed by atoms with Crippen molar-refractivity contribution in [3.05, 3.63) is 89.0 Å². The number of hydrogen-bond acceptors (Lipinski definition) is 6. The van der Waals surface area contributed by atoms with E-state index in [0.29, 0.717) is 29.8 Å². The average Bonchev–Trinajstić information content (AvgIpc) is 2.89. The van der Waals surface area contributed by atoms with Crippen LogP contribution < -0.4 is 14.5 Å². The molecule has 5 rings (SSSR count). The van der Waals surface area contributed by atoms with Crippen molar-refractivity contribution in [1.29, 1.82) is 0 Å². The average molecular weight is 640 g/mol. The van der Waals surface area contributed by atoms with Gasteiger partial charge in [0.2, 0.25) is 0 Å². The Morgan fingerprint density at radius 1 is 0.829 bits per heavy atom. The van der Waals surface area contributed by atoms with Gasteiger partial charge in [-0.1, -0.05) is 24.3 Å². The summed E-state index contributed by atoms with van der Waals surface area (Å²) in [6.07, 6.45) is 0. The summed E-state index contributed by atoms with van der Waals surface area (Å²) in [4.78, 5) is 21.6. The predicted molar refractivity (Wildman–Crippen MR) is 173 cm³/mol. The Labute approximate surface area is 259 Å². The Morgan fingerprint density at radius 2 is 1.49 bits per heavy atom. The first-order valence-corrected chi connectivity index (χ1v) is 13.9. The number of hydrogen-bond donors (Lipinski definition) is 2. The Hall–Kier alpha value is -3.24. The molecule has 1 fully saturated rings. The molecule has 0 bridgehead atoms. The molecular weight excluding hydrogens is 607 g/mol. The van der Waals surface area contributed by atoms with Crippen molar-refractivity contribution < 1.29 is 18.3 Å². The van der Waals surface area contributed by atoms with Crippen LogP contribution in [0.2, 0.25) is 0 Å². The van der Waals surface area contributed by atoms with Crippen LogP contribution >= 0.6 is 37.2 Å². The lowest BCUT2D eigenvalue weighted by Crippen LogP contribution is -2.47. The first-order chi connectivity index (χ1) is 18.1. The maximum Gasteiger partial charge on any atom is 0.336 e. The second-order valence-electron chi connectivity index (χ2n) is 9.75. The molecule has 4 aromatic rings. The number of aromatic nitrogens is 1. The molecule has 220 valence electrons. The number of halogens is 3. The van der Waals surface area contributed by atoms with Crippen LogP contribution in [0.4, 0.5) is 17.2 Å². The Bertz CT molecular complexity index is 1660. The van der Waals surface area contributed by atoms with Crippen LogP contribution in [-0.2, 0) is 10.0 Å². The van der Waals surface area contributed by atoms with Crippen molar-refractivity contribution in [2.24, 2.45) is 0 Å². The molecule has 0 spiro atoms. The van der Waals surface area contributed by atoms with Crippen LogP contribution in [0, 0.1) is 20.8 Å². The maximum atomic E-state index is 12.9.